The predicted octanol–water partition coefficient (Wildman–Crippen LogP) is 4.79. The third kappa shape index (κ3) is 5.63. The van der Waals surface area contributed by atoms with Gasteiger partial charge in [0.25, 0.3) is 5.95 Å². The minimum absolute atomic E-state index is 0.137. The number of fused-ring (bicyclic) bond motifs is 1. The van der Waals surface area contributed by atoms with Crippen molar-refractivity contribution < 1.29 is 18.4 Å². The number of ether oxygens (including phenoxy) is 1. The first-order valence-electron chi connectivity index (χ1n) is 13.3. The van der Waals surface area contributed by atoms with E-state index in [-0.39, 0.29) is 23.8 Å². The van der Waals surface area contributed by atoms with Crippen molar-refractivity contribution >= 4 is 17.0 Å². The van der Waals surface area contributed by atoms with E-state index in [2.05, 4.69) is 20.1 Å². The van der Waals surface area contributed by atoms with Gasteiger partial charge in [-0.2, -0.15) is 14.8 Å². The lowest BCUT2D eigenvalue weighted by Gasteiger charge is -2.25. The van der Waals surface area contributed by atoms with Gasteiger partial charge in [0.15, 0.2) is 0 Å². The maximum Gasteiger partial charge on any atom is 0.410 e. The van der Waals surface area contributed by atoms with E-state index in [9.17, 15) is 9.18 Å². The van der Waals surface area contributed by atoms with Crippen LogP contribution in [0.5, 0.6) is 0 Å². The van der Waals surface area contributed by atoms with Crippen molar-refractivity contribution in [2.45, 2.75) is 65.4 Å². The number of benzene rings is 1. The van der Waals surface area contributed by atoms with E-state index < -0.39 is 5.60 Å². The standard InChI is InChI=1S/C27H37FN6O3/c1-17(2)23-20-7-6-8-21(28)24(20)34(30-23)25-29-22(37-31-25)13-18-9-11-32(14-18)15-19-10-12-33(16-19)26(35)36-27(3,4)5/h6-8,17-19H,9-16H2,1-5H3/t18-,19-/m1/s1. The zero-order chi connectivity index (χ0) is 26.3. The van der Waals surface area contributed by atoms with E-state index >= 15 is 0 Å². The SMILES string of the molecule is CC(C)c1nn(-c2noc(C[C@H]3CCN(C[C@H]4CCN(C(=O)OC(C)(C)C)C4)C3)n2)c2c(F)cccc12. The molecule has 1 amide bonds. The van der Waals surface area contributed by atoms with Gasteiger partial charge < -0.3 is 19.1 Å². The van der Waals surface area contributed by atoms with Gasteiger partial charge in [-0.15, -0.1) is 0 Å². The van der Waals surface area contributed by atoms with Crippen LogP contribution in [0.25, 0.3) is 16.9 Å². The van der Waals surface area contributed by atoms with Gasteiger partial charge in [0.1, 0.15) is 16.9 Å². The van der Waals surface area contributed by atoms with Crippen LogP contribution < -0.4 is 0 Å². The summed E-state index contributed by atoms with van der Waals surface area (Å²) in [5.74, 6) is 1.46. The summed E-state index contributed by atoms with van der Waals surface area (Å²) in [6, 6.07) is 5.00. The molecule has 2 fully saturated rings. The second-order valence-electron chi connectivity index (χ2n) is 11.8. The van der Waals surface area contributed by atoms with E-state index in [1.807, 2.05) is 45.6 Å². The topological polar surface area (TPSA) is 89.5 Å². The molecule has 0 radical (unpaired) electrons. The quantitative estimate of drug-likeness (QED) is 0.469. The van der Waals surface area contributed by atoms with Gasteiger partial charge in [0.05, 0.1) is 5.69 Å². The average Bonchev–Trinajstić information content (AvgIpc) is 3.59. The number of para-hydroxylation sites is 1. The van der Waals surface area contributed by atoms with Crippen LogP contribution in [0.15, 0.2) is 22.7 Å². The fourth-order valence-electron chi connectivity index (χ4n) is 5.47. The molecule has 0 aliphatic carbocycles. The van der Waals surface area contributed by atoms with Gasteiger partial charge in [0, 0.05) is 38.0 Å². The number of likely N-dealkylation sites (tertiary alicyclic amines) is 2. The molecule has 2 aromatic heterocycles. The van der Waals surface area contributed by atoms with E-state index in [4.69, 9.17) is 9.26 Å². The van der Waals surface area contributed by atoms with Gasteiger partial charge in [-0.1, -0.05) is 26.0 Å². The summed E-state index contributed by atoms with van der Waals surface area (Å²) in [5, 5.41) is 9.52. The van der Waals surface area contributed by atoms with Crippen LogP contribution in [0.2, 0.25) is 0 Å². The van der Waals surface area contributed by atoms with Crippen molar-refractivity contribution in [3.63, 3.8) is 0 Å². The Bertz CT molecular complexity index is 1260. The van der Waals surface area contributed by atoms with E-state index in [0.717, 1.165) is 56.6 Å². The van der Waals surface area contributed by atoms with Crippen LogP contribution >= 0.6 is 0 Å². The molecule has 2 aliphatic heterocycles. The van der Waals surface area contributed by atoms with Crippen molar-refractivity contribution in [2.75, 3.05) is 32.7 Å². The lowest BCUT2D eigenvalue weighted by atomic mass is 10.1. The molecule has 0 spiro atoms. The summed E-state index contributed by atoms with van der Waals surface area (Å²) in [6.45, 7) is 14.2. The number of carbonyl (C=O) groups is 1. The normalized spacial score (nSPS) is 21.0. The third-order valence-corrected chi connectivity index (χ3v) is 7.16. The van der Waals surface area contributed by atoms with Gasteiger partial charge in [-0.05, 0) is 69.1 Å². The van der Waals surface area contributed by atoms with Crippen LogP contribution in [0, 0.1) is 17.7 Å². The molecule has 37 heavy (non-hydrogen) atoms. The molecule has 0 unspecified atom stereocenters. The van der Waals surface area contributed by atoms with E-state index in [1.165, 1.54) is 10.7 Å². The highest BCUT2D eigenvalue weighted by Crippen LogP contribution is 2.29. The van der Waals surface area contributed by atoms with Gasteiger partial charge >= 0.3 is 6.09 Å². The molecule has 5 rings (SSSR count). The Hall–Kier alpha value is -3.01. The summed E-state index contributed by atoms with van der Waals surface area (Å²) in [7, 11) is 0. The summed E-state index contributed by atoms with van der Waals surface area (Å²) in [5.41, 5.74) is 0.716. The number of halogens is 1. The van der Waals surface area contributed by atoms with Gasteiger partial charge in [0.2, 0.25) is 5.89 Å². The highest BCUT2D eigenvalue weighted by atomic mass is 19.1. The zero-order valence-electron chi connectivity index (χ0n) is 22.4. The number of hydrogen-bond donors (Lipinski definition) is 0. The number of amides is 1. The maximum atomic E-state index is 14.7. The smallest absolute Gasteiger partial charge is 0.410 e. The Morgan fingerprint density at radius 3 is 2.73 bits per heavy atom. The lowest BCUT2D eigenvalue weighted by molar-refractivity contribution is 0.0285. The first-order valence-corrected chi connectivity index (χ1v) is 13.3. The molecule has 200 valence electrons. The molecule has 3 aromatic rings. The molecule has 0 bridgehead atoms. The first kappa shape index (κ1) is 25.6. The highest BCUT2D eigenvalue weighted by Gasteiger charge is 2.33. The lowest BCUT2D eigenvalue weighted by Crippen LogP contribution is -2.36. The van der Waals surface area contributed by atoms with Crippen LogP contribution in [-0.2, 0) is 11.2 Å². The van der Waals surface area contributed by atoms with Crippen molar-refractivity contribution in [3.8, 4) is 5.95 Å². The maximum absolute atomic E-state index is 14.7. The van der Waals surface area contributed by atoms with Gasteiger partial charge in [-0.25, -0.2) is 9.18 Å². The van der Waals surface area contributed by atoms with Crippen molar-refractivity contribution in [1.29, 1.82) is 0 Å². The summed E-state index contributed by atoms with van der Waals surface area (Å²) in [4.78, 5) is 21.2. The van der Waals surface area contributed by atoms with Crippen molar-refractivity contribution in [1.82, 2.24) is 29.7 Å². The van der Waals surface area contributed by atoms with Crippen molar-refractivity contribution in [2.24, 2.45) is 11.8 Å². The Morgan fingerprint density at radius 1 is 1.19 bits per heavy atom. The summed E-state index contributed by atoms with van der Waals surface area (Å²) in [6.07, 6.45) is 2.51. The Kier molecular flexibility index (Phi) is 6.95. The monoisotopic (exact) mass is 512 g/mol. The van der Waals surface area contributed by atoms with Crippen molar-refractivity contribution in [3.05, 3.63) is 35.6 Å². The molecular weight excluding hydrogens is 475 g/mol. The van der Waals surface area contributed by atoms with Crippen LogP contribution in [0.3, 0.4) is 0 Å². The molecule has 0 N–H and O–H groups in total. The number of rotatable bonds is 6. The minimum atomic E-state index is -0.471. The Balaban J connectivity index is 1.18. The van der Waals surface area contributed by atoms with Crippen LogP contribution in [0.1, 0.15) is 65.0 Å². The first-order chi connectivity index (χ1) is 17.6. The number of nitrogens with zero attached hydrogens (tertiary/aromatic N) is 6. The molecule has 2 atom stereocenters. The molecule has 4 heterocycles. The minimum Gasteiger partial charge on any atom is -0.444 e. The Morgan fingerprint density at radius 2 is 1.97 bits per heavy atom. The molecule has 0 saturated carbocycles. The molecule has 1 aromatic carbocycles. The van der Waals surface area contributed by atoms with E-state index in [0.29, 0.717) is 29.7 Å². The zero-order valence-corrected chi connectivity index (χ0v) is 22.4. The molecule has 2 aliphatic rings. The molecule has 9 nitrogen and oxygen atoms in total. The van der Waals surface area contributed by atoms with E-state index in [1.54, 1.807) is 6.07 Å². The van der Waals surface area contributed by atoms with Crippen LogP contribution in [0.4, 0.5) is 9.18 Å². The fourth-order valence-corrected chi connectivity index (χ4v) is 5.47. The highest BCUT2D eigenvalue weighted by molar-refractivity contribution is 5.84. The summed E-state index contributed by atoms with van der Waals surface area (Å²) >= 11 is 0. The van der Waals surface area contributed by atoms with Crippen LogP contribution in [-0.4, -0.2) is 74.1 Å². The largest absolute Gasteiger partial charge is 0.444 e. The number of aromatic nitrogens is 4. The molecule has 2 saturated heterocycles. The summed E-state index contributed by atoms with van der Waals surface area (Å²) < 4.78 is 27.3. The number of hydrogen-bond acceptors (Lipinski definition) is 7. The predicted molar refractivity (Wildman–Crippen MR) is 137 cm³/mol. The third-order valence-electron chi connectivity index (χ3n) is 7.16. The molecular formula is C27H37FN6O3. The number of carbonyl (C=O) groups excluding carboxylic acids is 1. The molecule has 10 heteroatoms. The van der Waals surface area contributed by atoms with Gasteiger partial charge in [-0.3, -0.25) is 0 Å². The average molecular weight is 513 g/mol. The second-order valence-corrected chi connectivity index (χ2v) is 11.8. The fraction of sp³-hybridized carbons (Fsp3) is 0.630. The Labute approximate surface area is 216 Å². The second kappa shape index (κ2) is 10.0.